The van der Waals surface area contributed by atoms with Crippen molar-refractivity contribution >= 4 is 11.9 Å². The highest BCUT2D eigenvalue weighted by atomic mass is 16.5. The summed E-state index contributed by atoms with van der Waals surface area (Å²) in [6.07, 6.45) is 10.0. The van der Waals surface area contributed by atoms with Gasteiger partial charge in [-0.05, 0) is 44.4 Å². The molecule has 25 heavy (non-hydrogen) atoms. The first-order valence-corrected chi connectivity index (χ1v) is 9.58. The quantitative estimate of drug-likeness (QED) is 0.608. The van der Waals surface area contributed by atoms with Gasteiger partial charge in [0.15, 0.2) is 5.69 Å². The smallest absolute Gasteiger partial charge is 0.328 e. The summed E-state index contributed by atoms with van der Waals surface area (Å²) < 4.78 is 10.5. The minimum Gasteiger partial charge on any atom is -0.467 e. The van der Waals surface area contributed by atoms with Crippen LogP contribution < -0.4 is 0 Å². The predicted octanol–water partition coefficient (Wildman–Crippen LogP) is 2.89. The first-order valence-electron chi connectivity index (χ1n) is 9.58. The third kappa shape index (κ3) is 2.85. The van der Waals surface area contributed by atoms with Crippen molar-refractivity contribution in [1.29, 1.82) is 0 Å². The van der Waals surface area contributed by atoms with Crippen LogP contribution in [0.4, 0.5) is 0 Å². The highest BCUT2D eigenvalue weighted by Crippen LogP contribution is 2.41. The molecule has 1 amide bonds. The van der Waals surface area contributed by atoms with Crippen molar-refractivity contribution in [2.45, 2.75) is 76.3 Å². The summed E-state index contributed by atoms with van der Waals surface area (Å²) >= 11 is 0. The number of aryl methyl sites for hydroxylation is 1. The Bertz CT molecular complexity index is 668. The first-order chi connectivity index (χ1) is 12.2. The molecule has 1 saturated carbocycles. The van der Waals surface area contributed by atoms with Crippen molar-refractivity contribution in [3.63, 3.8) is 0 Å². The molecular formula is C19H26N2O4. The second-order valence-electron chi connectivity index (χ2n) is 7.59. The number of carbonyl (C=O) groups is 2. The third-order valence-corrected chi connectivity index (χ3v) is 6.20. The standard InChI is InChI=1S/C19H26N2O4/c1-24-19(23)15-11-12-7-5-6-9-14(12)21(15)18(22)17-13-8-3-2-4-10-16(13)25-20-17/h12,14-15H,2-11H2,1H3/t12-,14-,15-/m0/s1. The molecule has 1 aliphatic heterocycles. The van der Waals surface area contributed by atoms with Gasteiger partial charge in [-0.15, -0.1) is 0 Å². The van der Waals surface area contributed by atoms with Gasteiger partial charge in [0.05, 0.1) is 7.11 Å². The number of methoxy groups -OCH3 is 1. The maximum absolute atomic E-state index is 13.4. The van der Waals surface area contributed by atoms with E-state index in [0.717, 1.165) is 62.7 Å². The van der Waals surface area contributed by atoms with Crippen molar-refractivity contribution in [2.75, 3.05) is 7.11 Å². The molecule has 136 valence electrons. The Morgan fingerprint density at radius 1 is 1.12 bits per heavy atom. The van der Waals surface area contributed by atoms with Crippen LogP contribution in [0.1, 0.15) is 73.2 Å². The number of likely N-dealkylation sites (tertiary alicyclic amines) is 1. The second-order valence-corrected chi connectivity index (χ2v) is 7.59. The van der Waals surface area contributed by atoms with E-state index in [1.54, 1.807) is 4.90 Å². The molecule has 0 N–H and O–H groups in total. The van der Waals surface area contributed by atoms with Crippen molar-refractivity contribution in [2.24, 2.45) is 5.92 Å². The van der Waals surface area contributed by atoms with E-state index < -0.39 is 6.04 Å². The maximum atomic E-state index is 13.4. The average Bonchev–Trinajstić information content (AvgIpc) is 3.14. The highest BCUT2D eigenvalue weighted by Gasteiger charge is 2.49. The number of carbonyl (C=O) groups excluding carboxylic acids is 2. The molecule has 4 rings (SSSR count). The Hall–Kier alpha value is -1.85. The lowest BCUT2D eigenvalue weighted by Gasteiger charge is -2.32. The second kappa shape index (κ2) is 6.81. The van der Waals surface area contributed by atoms with Gasteiger partial charge in [-0.1, -0.05) is 24.4 Å². The number of hydrogen-bond acceptors (Lipinski definition) is 5. The lowest BCUT2D eigenvalue weighted by atomic mass is 9.84. The van der Waals surface area contributed by atoms with E-state index in [2.05, 4.69) is 5.16 Å². The SMILES string of the molecule is COC(=O)[C@@H]1C[C@@H]2CCCC[C@@H]2N1C(=O)c1noc2c1CCCCC2. The van der Waals surface area contributed by atoms with Crippen LogP contribution in [0, 0.1) is 5.92 Å². The van der Waals surface area contributed by atoms with Crippen LogP contribution in [0.25, 0.3) is 0 Å². The van der Waals surface area contributed by atoms with Crippen LogP contribution >= 0.6 is 0 Å². The Morgan fingerprint density at radius 2 is 1.92 bits per heavy atom. The largest absolute Gasteiger partial charge is 0.467 e. The van der Waals surface area contributed by atoms with Crippen LogP contribution in [0.15, 0.2) is 4.52 Å². The molecule has 2 aliphatic carbocycles. The van der Waals surface area contributed by atoms with Gasteiger partial charge in [-0.25, -0.2) is 4.79 Å². The molecule has 0 unspecified atom stereocenters. The summed E-state index contributed by atoms with van der Waals surface area (Å²) in [5.74, 6) is 0.802. The van der Waals surface area contributed by atoms with Gasteiger partial charge >= 0.3 is 5.97 Å². The van der Waals surface area contributed by atoms with Gasteiger partial charge in [-0.3, -0.25) is 4.79 Å². The molecule has 0 aromatic carbocycles. The van der Waals surface area contributed by atoms with Crippen LogP contribution in [-0.2, 0) is 22.4 Å². The number of hydrogen-bond donors (Lipinski definition) is 0. The fourth-order valence-electron chi connectivity index (χ4n) is 4.95. The van der Waals surface area contributed by atoms with E-state index in [1.165, 1.54) is 13.5 Å². The molecule has 0 radical (unpaired) electrons. The third-order valence-electron chi connectivity index (χ3n) is 6.20. The van der Waals surface area contributed by atoms with Gasteiger partial charge in [0.1, 0.15) is 11.8 Å². The zero-order valence-electron chi connectivity index (χ0n) is 14.8. The Kier molecular flexibility index (Phi) is 4.52. The average molecular weight is 346 g/mol. The van der Waals surface area contributed by atoms with E-state index in [-0.39, 0.29) is 17.9 Å². The fourth-order valence-corrected chi connectivity index (χ4v) is 4.95. The van der Waals surface area contributed by atoms with Crippen LogP contribution in [0.2, 0.25) is 0 Å². The minimum atomic E-state index is -0.483. The Morgan fingerprint density at radius 3 is 2.76 bits per heavy atom. The predicted molar refractivity (Wildman–Crippen MR) is 90.1 cm³/mol. The monoisotopic (exact) mass is 346 g/mol. The van der Waals surface area contributed by atoms with Crippen LogP contribution in [0.5, 0.6) is 0 Å². The number of rotatable bonds is 2. The maximum Gasteiger partial charge on any atom is 0.328 e. The number of nitrogens with zero attached hydrogens (tertiary/aromatic N) is 2. The number of ether oxygens (including phenoxy) is 1. The molecule has 6 nitrogen and oxygen atoms in total. The van der Waals surface area contributed by atoms with Crippen LogP contribution in [0.3, 0.4) is 0 Å². The van der Waals surface area contributed by atoms with E-state index >= 15 is 0 Å². The van der Waals surface area contributed by atoms with Crippen molar-refractivity contribution in [3.8, 4) is 0 Å². The summed E-state index contributed by atoms with van der Waals surface area (Å²) in [4.78, 5) is 27.5. The summed E-state index contributed by atoms with van der Waals surface area (Å²) in [5.41, 5.74) is 1.39. The molecule has 1 saturated heterocycles. The molecule has 2 heterocycles. The highest BCUT2D eigenvalue weighted by molar-refractivity contribution is 5.97. The topological polar surface area (TPSA) is 72.6 Å². The molecule has 3 aliphatic rings. The fraction of sp³-hybridized carbons (Fsp3) is 0.737. The number of fused-ring (bicyclic) bond motifs is 2. The zero-order chi connectivity index (χ0) is 17.4. The van der Waals surface area contributed by atoms with Gasteiger partial charge in [0, 0.05) is 18.0 Å². The Balaban J connectivity index is 1.67. The molecule has 6 heteroatoms. The number of esters is 1. The molecule has 0 bridgehead atoms. The normalized spacial score (nSPS) is 28.8. The summed E-state index contributed by atoms with van der Waals surface area (Å²) in [6, 6.07) is -0.354. The van der Waals surface area contributed by atoms with Gasteiger partial charge in [-0.2, -0.15) is 0 Å². The van der Waals surface area contributed by atoms with Gasteiger partial charge < -0.3 is 14.2 Å². The zero-order valence-corrected chi connectivity index (χ0v) is 14.8. The van der Waals surface area contributed by atoms with E-state index in [0.29, 0.717) is 18.0 Å². The van der Waals surface area contributed by atoms with Crippen molar-refractivity contribution in [3.05, 3.63) is 17.0 Å². The summed E-state index contributed by atoms with van der Waals surface area (Å²) in [7, 11) is 1.40. The molecule has 1 aromatic heterocycles. The summed E-state index contributed by atoms with van der Waals surface area (Å²) in [5, 5.41) is 4.12. The molecule has 1 aromatic rings. The molecular weight excluding hydrogens is 320 g/mol. The van der Waals surface area contributed by atoms with Gasteiger partial charge in [0.2, 0.25) is 0 Å². The van der Waals surface area contributed by atoms with Crippen molar-refractivity contribution in [1.82, 2.24) is 10.1 Å². The Labute approximate surface area is 147 Å². The van der Waals surface area contributed by atoms with E-state index in [9.17, 15) is 9.59 Å². The minimum absolute atomic E-state index is 0.128. The van der Waals surface area contributed by atoms with E-state index in [1.807, 2.05) is 0 Å². The molecule has 3 atom stereocenters. The van der Waals surface area contributed by atoms with Crippen molar-refractivity contribution < 1.29 is 18.8 Å². The van der Waals surface area contributed by atoms with Crippen LogP contribution in [-0.4, -0.2) is 41.1 Å². The molecule has 2 fully saturated rings. The first kappa shape index (κ1) is 16.6. The number of amides is 1. The number of aromatic nitrogens is 1. The lowest BCUT2D eigenvalue weighted by Crippen LogP contribution is -2.47. The summed E-state index contributed by atoms with van der Waals surface area (Å²) in [6.45, 7) is 0. The molecule has 0 spiro atoms. The lowest BCUT2D eigenvalue weighted by molar-refractivity contribution is -0.145. The van der Waals surface area contributed by atoms with Gasteiger partial charge in [0.25, 0.3) is 5.91 Å². The van der Waals surface area contributed by atoms with E-state index in [4.69, 9.17) is 9.26 Å².